The molecule has 0 radical (unpaired) electrons. The van der Waals surface area contributed by atoms with Crippen molar-refractivity contribution in [3.8, 4) is 0 Å². The monoisotopic (exact) mass is 317 g/mol. The second kappa shape index (κ2) is 4.97. The van der Waals surface area contributed by atoms with Crippen LogP contribution in [0.3, 0.4) is 0 Å². The first kappa shape index (κ1) is 13.4. The van der Waals surface area contributed by atoms with Crippen LogP contribution in [0.25, 0.3) is 10.8 Å². The van der Waals surface area contributed by atoms with Gasteiger partial charge >= 0.3 is 0 Å². The maximum Gasteiger partial charge on any atom is 0.0649 e. The summed E-state index contributed by atoms with van der Waals surface area (Å²) in [6, 6.07) is 16.0. The Morgan fingerprint density at radius 2 is 2.00 bits per heavy atom. The van der Waals surface area contributed by atoms with Crippen molar-refractivity contribution in [2.75, 3.05) is 5.32 Å². The highest BCUT2D eigenvalue weighted by molar-refractivity contribution is 7.10. The van der Waals surface area contributed by atoms with E-state index in [2.05, 4.69) is 72.2 Å². The lowest BCUT2D eigenvalue weighted by molar-refractivity contribution is 0.430. The Morgan fingerprint density at radius 3 is 2.87 bits per heavy atom. The molecular weight excluding hydrogens is 298 g/mol. The molecule has 0 spiro atoms. The third kappa shape index (κ3) is 1.91. The van der Waals surface area contributed by atoms with Crippen LogP contribution in [-0.2, 0) is 0 Å². The quantitative estimate of drug-likeness (QED) is 0.540. The summed E-state index contributed by atoms with van der Waals surface area (Å²) >= 11 is 1.89. The van der Waals surface area contributed by atoms with E-state index in [-0.39, 0.29) is 0 Å². The smallest absolute Gasteiger partial charge is 0.0649 e. The van der Waals surface area contributed by atoms with Gasteiger partial charge in [-0.25, -0.2) is 0 Å². The number of benzene rings is 2. The molecule has 5 rings (SSSR count). The standard InChI is InChI=1S/C21H19NS/c1-13-11-12-23-21(13)20-17-8-4-7-16(17)18-10-9-14-5-2-3-6-15(14)19(18)22-20/h2-7,9-12,16-17,20,22H,8H2,1H3. The van der Waals surface area contributed by atoms with Gasteiger partial charge in [-0.3, -0.25) is 0 Å². The minimum absolute atomic E-state index is 0.424. The molecule has 1 aliphatic heterocycles. The normalized spacial score (nSPS) is 25.2. The summed E-state index contributed by atoms with van der Waals surface area (Å²) in [6.45, 7) is 2.24. The number of fused-ring (bicyclic) bond motifs is 5. The summed E-state index contributed by atoms with van der Waals surface area (Å²) < 4.78 is 0. The number of allylic oxidation sites excluding steroid dienone is 2. The first-order chi connectivity index (χ1) is 11.3. The summed E-state index contributed by atoms with van der Waals surface area (Å²) in [5.41, 5.74) is 4.23. The van der Waals surface area contributed by atoms with Gasteiger partial charge in [0, 0.05) is 21.9 Å². The zero-order valence-electron chi connectivity index (χ0n) is 13.1. The van der Waals surface area contributed by atoms with Crippen molar-refractivity contribution in [1.82, 2.24) is 0 Å². The maximum absolute atomic E-state index is 3.93. The van der Waals surface area contributed by atoms with E-state index in [0.29, 0.717) is 17.9 Å². The predicted molar refractivity (Wildman–Crippen MR) is 99.4 cm³/mol. The molecule has 2 aromatic carbocycles. The molecule has 3 unspecified atom stereocenters. The molecule has 1 aliphatic carbocycles. The second-order valence-electron chi connectivity index (χ2n) is 6.69. The summed E-state index contributed by atoms with van der Waals surface area (Å²) in [5.74, 6) is 1.18. The Hall–Kier alpha value is -2.06. The molecule has 23 heavy (non-hydrogen) atoms. The van der Waals surface area contributed by atoms with Gasteiger partial charge in [0.25, 0.3) is 0 Å². The first-order valence-corrected chi connectivity index (χ1v) is 9.20. The van der Waals surface area contributed by atoms with Crippen LogP contribution >= 0.6 is 11.3 Å². The molecule has 2 heterocycles. The van der Waals surface area contributed by atoms with Gasteiger partial charge in [0.15, 0.2) is 0 Å². The number of hydrogen-bond acceptors (Lipinski definition) is 2. The van der Waals surface area contributed by atoms with Crippen LogP contribution in [0.5, 0.6) is 0 Å². The van der Waals surface area contributed by atoms with Crippen molar-refractivity contribution >= 4 is 27.8 Å². The fourth-order valence-corrected chi connectivity index (χ4v) is 5.36. The molecule has 0 amide bonds. The van der Waals surface area contributed by atoms with Crippen molar-refractivity contribution in [2.24, 2.45) is 5.92 Å². The van der Waals surface area contributed by atoms with Crippen LogP contribution in [0.1, 0.15) is 34.4 Å². The van der Waals surface area contributed by atoms with E-state index in [1.807, 2.05) is 11.3 Å². The van der Waals surface area contributed by atoms with Crippen molar-refractivity contribution in [1.29, 1.82) is 0 Å². The van der Waals surface area contributed by atoms with Crippen molar-refractivity contribution in [3.63, 3.8) is 0 Å². The van der Waals surface area contributed by atoms with E-state index in [4.69, 9.17) is 0 Å². The van der Waals surface area contributed by atoms with Crippen LogP contribution in [0.4, 0.5) is 5.69 Å². The van der Waals surface area contributed by atoms with Crippen molar-refractivity contribution < 1.29 is 0 Å². The molecule has 1 nitrogen and oxygen atoms in total. The van der Waals surface area contributed by atoms with Gasteiger partial charge in [-0.05, 0) is 47.2 Å². The lowest BCUT2D eigenvalue weighted by atomic mass is 9.77. The first-order valence-electron chi connectivity index (χ1n) is 8.32. The van der Waals surface area contributed by atoms with Crippen molar-refractivity contribution in [3.05, 3.63) is 76.0 Å². The molecule has 114 valence electrons. The van der Waals surface area contributed by atoms with Crippen LogP contribution in [0, 0.1) is 12.8 Å². The molecule has 1 N–H and O–H groups in total. The number of hydrogen-bond donors (Lipinski definition) is 1. The molecule has 1 aromatic heterocycles. The topological polar surface area (TPSA) is 12.0 Å². The van der Waals surface area contributed by atoms with Crippen LogP contribution in [0.15, 0.2) is 60.0 Å². The third-order valence-electron chi connectivity index (χ3n) is 5.45. The Bertz CT molecular complexity index is 920. The molecular formula is C21H19NS. The summed E-state index contributed by atoms with van der Waals surface area (Å²) in [7, 11) is 0. The zero-order valence-corrected chi connectivity index (χ0v) is 13.9. The van der Waals surface area contributed by atoms with Crippen LogP contribution in [-0.4, -0.2) is 0 Å². The largest absolute Gasteiger partial charge is 0.376 e. The number of aryl methyl sites for hydroxylation is 1. The number of thiophene rings is 1. The number of anilines is 1. The van der Waals surface area contributed by atoms with Gasteiger partial charge < -0.3 is 5.32 Å². The maximum atomic E-state index is 3.93. The Kier molecular flexibility index (Phi) is 2.89. The predicted octanol–water partition coefficient (Wildman–Crippen LogP) is 6.04. The minimum Gasteiger partial charge on any atom is -0.376 e. The molecule has 0 fully saturated rings. The molecule has 3 aromatic rings. The summed E-state index contributed by atoms with van der Waals surface area (Å²) in [4.78, 5) is 1.50. The minimum atomic E-state index is 0.424. The summed E-state index contributed by atoms with van der Waals surface area (Å²) in [6.07, 6.45) is 5.97. The molecule has 0 saturated heterocycles. The van der Waals surface area contributed by atoms with E-state index in [1.54, 1.807) is 0 Å². The zero-order chi connectivity index (χ0) is 15.4. The van der Waals surface area contributed by atoms with Gasteiger partial charge in [-0.15, -0.1) is 11.3 Å². The van der Waals surface area contributed by atoms with Gasteiger partial charge in [-0.2, -0.15) is 0 Å². The number of rotatable bonds is 1. The van der Waals surface area contributed by atoms with Crippen molar-refractivity contribution in [2.45, 2.75) is 25.3 Å². The SMILES string of the molecule is Cc1ccsc1C1Nc2c(ccc3ccccc23)C2C=CCC21. The Balaban J connectivity index is 1.73. The van der Waals surface area contributed by atoms with Gasteiger partial charge in [-0.1, -0.05) is 48.6 Å². The average Bonchev–Trinajstić information content (AvgIpc) is 3.23. The summed E-state index contributed by atoms with van der Waals surface area (Å²) in [5, 5.41) is 8.82. The van der Waals surface area contributed by atoms with Gasteiger partial charge in [0.1, 0.15) is 0 Å². The van der Waals surface area contributed by atoms with E-state index in [1.165, 1.54) is 38.9 Å². The molecule has 0 bridgehead atoms. The molecule has 3 atom stereocenters. The van der Waals surface area contributed by atoms with Crippen LogP contribution < -0.4 is 5.32 Å². The number of nitrogens with one attached hydrogen (secondary N) is 1. The van der Waals surface area contributed by atoms with Gasteiger partial charge in [0.05, 0.1) is 6.04 Å². The highest BCUT2D eigenvalue weighted by Crippen LogP contribution is 2.52. The van der Waals surface area contributed by atoms with E-state index in [9.17, 15) is 0 Å². The highest BCUT2D eigenvalue weighted by Gasteiger charge is 2.39. The lowest BCUT2D eigenvalue weighted by Gasteiger charge is -2.38. The van der Waals surface area contributed by atoms with Gasteiger partial charge in [0.2, 0.25) is 0 Å². The molecule has 0 saturated carbocycles. The average molecular weight is 317 g/mol. The van der Waals surface area contributed by atoms with Crippen LogP contribution in [0.2, 0.25) is 0 Å². The highest BCUT2D eigenvalue weighted by atomic mass is 32.1. The van der Waals surface area contributed by atoms with E-state index < -0.39 is 0 Å². The fourth-order valence-electron chi connectivity index (χ4n) is 4.30. The lowest BCUT2D eigenvalue weighted by Crippen LogP contribution is -2.29. The molecule has 2 aliphatic rings. The third-order valence-corrected chi connectivity index (χ3v) is 6.55. The fraction of sp³-hybridized carbons (Fsp3) is 0.238. The molecule has 2 heteroatoms. The second-order valence-corrected chi connectivity index (χ2v) is 7.64. The Morgan fingerprint density at radius 1 is 1.09 bits per heavy atom. The van der Waals surface area contributed by atoms with E-state index in [0.717, 1.165) is 0 Å². The Labute approximate surface area is 140 Å². The van der Waals surface area contributed by atoms with E-state index >= 15 is 0 Å².